The van der Waals surface area contributed by atoms with Gasteiger partial charge in [0.15, 0.2) is 0 Å². The van der Waals surface area contributed by atoms with E-state index in [2.05, 4.69) is 56.8 Å². The fraction of sp³-hybridized carbons (Fsp3) is 0.733. The zero-order chi connectivity index (χ0) is 13.6. The molecule has 0 saturated heterocycles. The van der Waals surface area contributed by atoms with Crippen molar-refractivity contribution in [1.29, 1.82) is 0 Å². The highest BCUT2D eigenvalue weighted by Crippen LogP contribution is 2.27. The third-order valence-corrected chi connectivity index (χ3v) is 3.80. The summed E-state index contributed by atoms with van der Waals surface area (Å²) in [7, 11) is 0. The average Bonchev–Trinajstić information content (AvgIpc) is 2.76. The number of ether oxygens (including phenoxy) is 1. The first-order chi connectivity index (χ1) is 8.49. The summed E-state index contributed by atoms with van der Waals surface area (Å²) < 4.78 is 6.01. The molecule has 0 fully saturated rings. The lowest BCUT2D eigenvalue weighted by Crippen LogP contribution is -2.49. The molecule has 18 heavy (non-hydrogen) atoms. The first kappa shape index (κ1) is 15.7. The highest BCUT2D eigenvalue weighted by Gasteiger charge is 2.32. The lowest BCUT2D eigenvalue weighted by Gasteiger charge is -2.37. The fourth-order valence-corrected chi connectivity index (χ4v) is 3.04. The van der Waals surface area contributed by atoms with Crippen molar-refractivity contribution in [2.75, 3.05) is 13.2 Å². The molecule has 1 heterocycles. The molecule has 1 aromatic rings. The number of hydrogen-bond donors (Lipinski definition) is 1. The van der Waals surface area contributed by atoms with E-state index in [1.165, 1.54) is 5.56 Å². The van der Waals surface area contributed by atoms with Crippen LogP contribution >= 0.6 is 11.3 Å². The van der Waals surface area contributed by atoms with Crippen LogP contribution in [0, 0.1) is 5.41 Å². The van der Waals surface area contributed by atoms with Gasteiger partial charge in [-0.2, -0.15) is 11.3 Å². The minimum Gasteiger partial charge on any atom is -0.376 e. The Kier molecular flexibility index (Phi) is 6.33. The quantitative estimate of drug-likeness (QED) is 0.814. The SMILES string of the molecule is CCNC(Cc1ccsc1)C(OCC)C(C)(C)C. The molecule has 0 amide bonds. The summed E-state index contributed by atoms with van der Waals surface area (Å²) in [6.45, 7) is 12.8. The Hall–Kier alpha value is -0.380. The van der Waals surface area contributed by atoms with Gasteiger partial charge in [-0.1, -0.05) is 27.7 Å². The third kappa shape index (κ3) is 4.71. The van der Waals surface area contributed by atoms with Crippen molar-refractivity contribution in [3.05, 3.63) is 22.4 Å². The monoisotopic (exact) mass is 269 g/mol. The Balaban J connectivity index is 2.79. The highest BCUT2D eigenvalue weighted by atomic mass is 32.1. The molecule has 2 unspecified atom stereocenters. The van der Waals surface area contributed by atoms with E-state index < -0.39 is 0 Å². The predicted molar refractivity (Wildman–Crippen MR) is 80.4 cm³/mol. The molecule has 2 atom stereocenters. The van der Waals surface area contributed by atoms with Crippen molar-refractivity contribution in [2.45, 2.75) is 53.2 Å². The summed E-state index contributed by atoms with van der Waals surface area (Å²) >= 11 is 1.76. The summed E-state index contributed by atoms with van der Waals surface area (Å²) in [6, 6.07) is 2.59. The number of hydrogen-bond acceptors (Lipinski definition) is 3. The van der Waals surface area contributed by atoms with E-state index in [9.17, 15) is 0 Å². The molecule has 0 aliphatic heterocycles. The third-order valence-electron chi connectivity index (χ3n) is 3.07. The summed E-state index contributed by atoms with van der Waals surface area (Å²) in [5.41, 5.74) is 1.55. The second-order valence-corrected chi connectivity index (χ2v) is 6.52. The highest BCUT2D eigenvalue weighted by molar-refractivity contribution is 7.07. The molecule has 2 nitrogen and oxygen atoms in total. The number of nitrogens with one attached hydrogen (secondary N) is 1. The molecular weight excluding hydrogens is 242 g/mol. The second kappa shape index (κ2) is 7.27. The molecule has 0 spiro atoms. The molecule has 1 aromatic heterocycles. The average molecular weight is 269 g/mol. The Morgan fingerprint density at radius 3 is 2.50 bits per heavy atom. The lowest BCUT2D eigenvalue weighted by molar-refractivity contribution is -0.0352. The maximum atomic E-state index is 6.01. The zero-order valence-electron chi connectivity index (χ0n) is 12.3. The topological polar surface area (TPSA) is 21.3 Å². The second-order valence-electron chi connectivity index (χ2n) is 5.74. The molecule has 104 valence electrons. The number of likely N-dealkylation sites (N-methyl/N-ethyl adjacent to an activating group) is 1. The Morgan fingerprint density at radius 2 is 2.06 bits per heavy atom. The first-order valence-corrected chi connectivity index (χ1v) is 7.79. The van der Waals surface area contributed by atoms with Gasteiger partial charge in [-0.15, -0.1) is 0 Å². The molecule has 1 rings (SSSR count). The van der Waals surface area contributed by atoms with Gasteiger partial charge in [0.1, 0.15) is 0 Å². The molecule has 1 N–H and O–H groups in total. The van der Waals surface area contributed by atoms with Crippen LogP contribution in [0.1, 0.15) is 40.2 Å². The van der Waals surface area contributed by atoms with Gasteiger partial charge < -0.3 is 10.1 Å². The summed E-state index contributed by atoms with van der Waals surface area (Å²) in [4.78, 5) is 0. The molecule has 0 radical (unpaired) electrons. The van der Waals surface area contributed by atoms with Gasteiger partial charge in [0.25, 0.3) is 0 Å². The van der Waals surface area contributed by atoms with Crippen LogP contribution in [0.15, 0.2) is 16.8 Å². The van der Waals surface area contributed by atoms with Gasteiger partial charge in [0.05, 0.1) is 6.10 Å². The Labute approximate surface area is 116 Å². The standard InChI is InChI=1S/C15H27NOS/c1-6-16-13(10-12-8-9-18-11-12)14(17-7-2)15(3,4)5/h8-9,11,13-14,16H,6-7,10H2,1-5H3. The number of rotatable bonds is 7. The van der Waals surface area contributed by atoms with Crippen LogP contribution in [-0.4, -0.2) is 25.3 Å². The summed E-state index contributed by atoms with van der Waals surface area (Å²) in [6.07, 6.45) is 1.28. The van der Waals surface area contributed by atoms with Crippen molar-refractivity contribution in [3.63, 3.8) is 0 Å². The van der Waals surface area contributed by atoms with E-state index in [4.69, 9.17) is 4.74 Å². The van der Waals surface area contributed by atoms with Crippen molar-refractivity contribution in [1.82, 2.24) is 5.32 Å². The van der Waals surface area contributed by atoms with Crippen molar-refractivity contribution in [2.24, 2.45) is 5.41 Å². The molecule has 0 saturated carbocycles. The molecule has 0 aromatic carbocycles. The number of thiophene rings is 1. The largest absolute Gasteiger partial charge is 0.376 e. The smallest absolute Gasteiger partial charge is 0.0779 e. The summed E-state index contributed by atoms with van der Waals surface area (Å²) in [5.74, 6) is 0. The van der Waals surface area contributed by atoms with Gasteiger partial charge >= 0.3 is 0 Å². The van der Waals surface area contributed by atoms with Crippen LogP contribution in [0.5, 0.6) is 0 Å². The van der Waals surface area contributed by atoms with Crippen molar-refractivity contribution in [3.8, 4) is 0 Å². The summed E-state index contributed by atoms with van der Waals surface area (Å²) in [5, 5.41) is 7.97. The minimum atomic E-state index is 0.152. The molecular formula is C15H27NOS. The van der Waals surface area contributed by atoms with Gasteiger partial charge in [0.2, 0.25) is 0 Å². The molecule has 0 aliphatic carbocycles. The van der Waals surface area contributed by atoms with E-state index in [1.54, 1.807) is 11.3 Å². The Bertz CT molecular complexity index is 316. The van der Waals surface area contributed by atoms with Crippen molar-refractivity contribution < 1.29 is 4.74 Å². The Morgan fingerprint density at radius 1 is 1.33 bits per heavy atom. The molecule has 0 aliphatic rings. The van der Waals surface area contributed by atoms with Gasteiger partial charge in [-0.25, -0.2) is 0 Å². The van der Waals surface area contributed by atoms with E-state index in [-0.39, 0.29) is 11.5 Å². The lowest BCUT2D eigenvalue weighted by atomic mass is 9.82. The van der Waals surface area contributed by atoms with Crippen LogP contribution in [-0.2, 0) is 11.2 Å². The molecule has 3 heteroatoms. The van der Waals surface area contributed by atoms with Crippen LogP contribution < -0.4 is 5.32 Å². The van der Waals surface area contributed by atoms with E-state index in [0.29, 0.717) is 6.04 Å². The maximum Gasteiger partial charge on any atom is 0.0779 e. The van der Waals surface area contributed by atoms with Crippen molar-refractivity contribution >= 4 is 11.3 Å². The first-order valence-electron chi connectivity index (χ1n) is 6.85. The van der Waals surface area contributed by atoms with Crippen LogP contribution in [0.3, 0.4) is 0 Å². The minimum absolute atomic E-state index is 0.152. The van der Waals surface area contributed by atoms with Crippen LogP contribution in [0.4, 0.5) is 0 Å². The van der Waals surface area contributed by atoms with E-state index in [0.717, 1.165) is 19.6 Å². The van der Waals surface area contributed by atoms with Gasteiger partial charge in [-0.05, 0) is 47.7 Å². The predicted octanol–water partition coefficient (Wildman–Crippen LogP) is 3.72. The zero-order valence-corrected chi connectivity index (χ0v) is 13.1. The van der Waals surface area contributed by atoms with Crippen LogP contribution in [0.25, 0.3) is 0 Å². The maximum absolute atomic E-state index is 6.01. The normalized spacial score (nSPS) is 15.6. The fourth-order valence-electron chi connectivity index (χ4n) is 2.36. The van der Waals surface area contributed by atoms with E-state index >= 15 is 0 Å². The van der Waals surface area contributed by atoms with Gasteiger partial charge in [-0.3, -0.25) is 0 Å². The molecule has 0 bridgehead atoms. The van der Waals surface area contributed by atoms with Crippen LogP contribution in [0.2, 0.25) is 0 Å². The van der Waals surface area contributed by atoms with E-state index in [1.807, 2.05) is 0 Å². The van der Waals surface area contributed by atoms with Gasteiger partial charge in [0, 0.05) is 12.6 Å².